The second-order valence-corrected chi connectivity index (χ2v) is 4.20. The number of ether oxygens (including phenoxy) is 2. The van der Waals surface area contributed by atoms with Gasteiger partial charge in [-0.1, -0.05) is 30.3 Å². The van der Waals surface area contributed by atoms with E-state index in [0.29, 0.717) is 0 Å². The van der Waals surface area contributed by atoms with Gasteiger partial charge >= 0.3 is 12.1 Å². The molecule has 114 valence electrons. The van der Waals surface area contributed by atoms with Crippen LogP contribution in [0.4, 0.5) is 14.9 Å². The van der Waals surface area contributed by atoms with Crippen molar-refractivity contribution in [3.8, 4) is 0 Å². The Morgan fingerprint density at radius 3 is 2.64 bits per heavy atom. The summed E-state index contributed by atoms with van der Waals surface area (Å²) in [5.41, 5.74) is 0.247. The molecule has 7 heteroatoms. The van der Waals surface area contributed by atoms with Crippen molar-refractivity contribution < 1.29 is 23.5 Å². The van der Waals surface area contributed by atoms with Gasteiger partial charge in [-0.3, -0.25) is 5.32 Å². The zero-order valence-corrected chi connectivity index (χ0v) is 11.7. The van der Waals surface area contributed by atoms with E-state index in [2.05, 4.69) is 15.0 Å². The number of anilines is 1. The minimum Gasteiger partial charge on any atom is -0.465 e. The first-order chi connectivity index (χ1) is 10.6. The van der Waals surface area contributed by atoms with E-state index in [9.17, 15) is 14.0 Å². The van der Waals surface area contributed by atoms with Gasteiger partial charge in [-0.25, -0.2) is 14.6 Å². The van der Waals surface area contributed by atoms with Gasteiger partial charge in [-0.2, -0.15) is 4.39 Å². The van der Waals surface area contributed by atoms with E-state index in [1.54, 1.807) is 24.3 Å². The van der Waals surface area contributed by atoms with Crippen LogP contribution in [0.25, 0.3) is 0 Å². The van der Waals surface area contributed by atoms with Crippen molar-refractivity contribution in [2.45, 2.75) is 6.61 Å². The van der Waals surface area contributed by atoms with Crippen LogP contribution in [0.2, 0.25) is 0 Å². The van der Waals surface area contributed by atoms with Crippen LogP contribution in [0.3, 0.4) is 0 Å². The Labute approximate surface area is 125 Å². The molecule has 0 spiro atoms. The molecule has 0 aliphatic carbocycles. The van der Waals surface area contributed by atoms with Crippen molar-refractivity contribution in [2.24, 2.45) is 0 Å². The van der Waals surface area contributed by atoms with Gasteiger partial charge in [0.15, 0.2) is 0 Å². The summed E-state index contributed by atoms with van der Waals surface area (Å²) in [6, 6.07) is 10.2. The molecule has 0 radical (unpaired) electrons. The standard InChI is InChI=1S/C15H13FN2O4/c1-21-14(19)11-7-8-17-13(16)12(11)18-15(20)22-9-10-5-3-2-4-6-10/h2-8H,9H2,1H3,(H,18,20). The molecular formula is C15H13FN2O4. The Morgan fingerprint density at radius 2 is 1.95 bits per heavy atom. The molecule has 0 fully saturated rings. The summed E-state index contributed by atoms with van der Waals surface area (Å²) in [5.74, 6) is -1.79. The number of methoxy groups -OCH3 is 1. The number of hydrogen-bond donors (Lipinski definition) is 1. The second-order valence-electron chi connectivity index (χ2n) is 4.20. The molecule has 1 N–H and O–H groups in total. The minimum absolute atomic E-state index is 0.0160. The first kappa shape index (κ1) is 15.4. The topological polar surface area (TPSA) is 77.5 Å². The van der Waals surface area contributed by atoms with Crippen molar-refractivity contribution in [2.75, 3.05) is 12.4 Å². The van der Waals surface area contributed by atoms with Crippen molar-refractivity contribution in [1.82, 2.24) is 4.98 Å². The van der Waals surface area contributed by atoms with Gasteiger partial charge in [-0.05, 0) is 11.6 Å². The first-order valence-electron chi connectivity index (χ1n) is 6.32. The van der Waals surface area contributed by atoms with E-state index < -0.39 is 18.0 Å². The average molecular weight is 304 g/mol. The molecule has 0 atom stereocenters. The zero-order chi connectivity index (χ0) is 15.9. The third-order valence-electron chi connectivity index (χ3n) is 2.75. The number of carbonyl (C=O) groups excluding carboxylic acids is 2. The van der Waals surface area contributed by atoms with Gasteiger partial charge in [0.05, 0.1) is 12.7 Å². The van der Waals surface area contributed by atoms with Gasteiger partial charge in [0.1, 0.15) is 12.3 Å². The molecule has 0 unspecified atom stereocenters. The van der Waals surface area contributed by atoms with Crippen LogP contribution >= 0.6 is 0 Å². The molecule has 0 saturated carbocycles. The minimum atomic E-state index is -1.00. The Balaban J connectivity index is 2.07. The lowest BCUT2D eigenvalue weighted by atomic mass is 10.2. The van der Waals surface area contributed by atoms with E-state index in [0.717, 1.165) is 18.9 Å². The molecule has 0 bridgehead atoms. The smallest absolute Gasteiger partial charge is 0.412 e. The lowest BCUT2D eigenvalue weighted by Gasteiger charge is -2.10. The third-order valence-corrected chi connectivity index (χ3v) is 2.75. The number of halogens is 1. The SMILES string of the molecule is COC(=O)c1ccnc(F)c1NC(=O)OCc1ccccc1. The molecule has 0 saturated heterocycles. The fraction of sp³-hybridized carbons (Fsp3) is 0.133. The zero-order valence-electron chi connectivity index (χ0n) is 11.7. The lowest BCUT2D eigenvalue weighted by Crippen LogP contribution is -2.18. The van der Waals surface area contributed by atoms with E-state index in [1.165, 1.54) is 6.07 Å². The molecule has 2 rings (SSSR count). The van der Waals surface area contributed by atoms with Gasteiger partial charge in [0.25, 0.3) is 0 Å². The van der Waals surface area contributed by atoms with E-state index in [1.807, 2.05) is 6.07 Å². The van der Waals surface area contributed by atoms with Crippen molar-refractivity contribution >= 4 is 17.7 Å². The average Bonchev–Trinajstić information content (AvgIpc) is 2.55. The highest BCUT2D eigenvalue weighted by Crippen LogP contribution is 2.19. The summed E-state index contributed by atoms with van der Waals surface area (Å²) in [5, 5.41) is 2.16. The number of aromatic nitrogens is 1. The summed E-state index contributed by atoms with van der Waals surface area (Å²) < 4.78 is 23.2. The van der Waals surface area contributed by atoms with Crippen LogP contribution in [0.15, 0.2) is 42.6 Å². The van der Waals surface area contributed by atoms with Crippen LogP contribution in [0, 0.1) is 5.95 Å². The maximum absolute atomic E-state index is 13.7. The Hall–Kier alpha value is -2.96. The third kappa shape index (κ3) is 3.78. The van der Waals surface area contributed by atoms with Gasteiger partial charge in [0.2, 0.25) is 5.95 Å². The fourth-order valence-electron chi connectivity index (χ4n) is 1.70. The normalized spacial score (nSPS) is 9.91. The molecule has 1 aromatic carbocycles. The maximum atomic E-state index is 13.7. The summed E-state index contributed by atoms with van der Waals surface area (Å²) in [7, 11) is 1.15. The summed E-state index contributed by atoms with van der Waals surface area (Å²) in [4.78, 5) is 26.6. The van der Waals surface area contributed by atoms with Crippen molar-refractivity contribution in [3.05, 3.63) is 59.7 Å². The van der Waals surface area contributed by atoms with Crippen LogP contribution in [-0.2, 0) is 16.1 Å². The Kier molecular flexibility index (Phi) is 5.02. The molecule has 6 nitrogen and oxygen atoms in total. The van der Waals surface area contributed by atoms with Crippen LogP contribution in [0.1, 0.15) is 15.9 Å². The number of nitrogens with one attached hydrogen (secondary N) is 1. The summed E-state index contributed by atoms with van der Waals surface area (Å²) in [6.45, 7) is 0.0160. The van der Waals surface area contributed by atoms with Crippen molar-refractivity contribution in [3.63, 3.8) is 0 Å². The number of benzene rings is 1. The molecule has 0 aliphatic heterocycles. The van der Waals surface area contributed by atoms with E-state index in [-0.39, 0.29) is 17.9 Å². The highest BCUT2D eigenvalue weighted by Gasteiger charge is 2.19. The largest absolute Gasteiger partial charge is 0.465 e. The quantitative estimate of drug-likeness (QED) is 0.694. The monoisotopic (exact) mass is 304 g/mol. The van der Waals surface area contributed by atoms with Crippen LogP contribution in [0.5, 0.6) is 0 Å². The predicted molar refractivity (Wildman–Crippen MR) is 75.8 cm³/mol. The van der Waals surface area contributed by atoms with Crippen molar-refractivity contribution in [1.29, 1.82) is 0 Å². The lowest BCUT2D eigenvalue weighted by molar-refractivity contribution is 0.0601. The van der Waals surface area contributed by atoms with Crippen LogP contribution < -0.4 is 5.32 Å². The highest BCUT2D eigenvalue weighted by molar-refractivity contribution is 5.99. The Bertz CT molecular complexity index is 676. The first-order valence-corrected chi connectivity index (χ1v) is 6.32. The number of pyridine rings is 1. The van der Waals surface area contributed by atoms with Gasteiger partial charge in [0, 0.05) is 6.20 Å². The highest BCUT2D eigenvalue weighted by atomic mass is 19.1. The second kappa shape index (κ2) is 7.16. The molecule has 1 aromatic heterocycles. The molecule has 2 aromatic rings. The van der Waals surface area contributed by atoms with Gasteiger partial charge in [-0.15, -0.1) is 0 Å². The number of amides is 1. The maximum Gasteiger partial charge on any atom is 0.412 e. The molecule has 1 heterocycles. The molecule has 1 amide bonds. The van der Waals surface area contributed by atoms with E-state index in [4.69, 9.17) is 4.74 Å². The fourth-order valence-corrected chi connectivity index (χ4v) is 1.70. The number of carbonyl (C=O) groups is 2. The van der Waals surface area contributed by atoms with Crippen LogP contribution in [-0.4, -0.2) is 24.2 Å². The van der Waals surface area contributed by atoms with E-state index >= 15 is 0 Å². The number of rotatable bonds is 4. The number of hydrogen-bond acceptors (Lipinski definition) is 5. The predicted octanol–water partition coefficient (Wildman–Crippen LogP) is 2.76. The molecular weight excluding hydrogens is 291 g/mol. The molecule has 0 aliphatic rings. The van der Waals surface area contributed by atoms with Gasteiger partial charge < -0.3 is 9.47 Å². The Morgan fingerprint density at radius 1 is 1.23 bits per heavy atom. The number of esters is 1. The molecule has 22 heavy (non-hydrogen) atoms. The summed E-state index contributed by atoms with van der Waals surface area (Å²) in [6.07, 6.45) is 0.197. The number of nitrogens with zero attached hydrogens (tertiary/aromatic N) is 1. The summed E-state index contributed by atoms with van der Waals surface area (Å²) >= 11 is 0.